The molecule has 1 rings (SSSR count). The first-order chi connectivity index (χ1) is 5.00. The summed E-state index contributed by atoms with van der Waals surface area (Å²) in [6.07, 6.45) is 0. The van der Waals surface area contributed by atoms with E-state index in [0.717, 1.165) is 0 Å². The average Bonchev–Trinajstić information content (AvgIpc) is 1.86. The molecule has 0 aliphatic carbocycles. The molecule has 0 bridgehead atoms. The van der Waals surface area contributed by atoms with Gasteiger partial charge in [-0.3, -0.25) is 0 Å². The summed E-state index contributed by atoms with van der Waals surface area (Å²) in [5.74, 6) is 0. The highest BCUT2D eigenvalue weighted by Gasteiger charge is 2.15. The maximum absolute atomic E-state index is 3.17. The fourth-order valence-electron chi connectivity index (χ4n) is 1.02. The zero-order valence-corrected chi connectivity index (χ0v) is 8.73. The van der Waals surface area contributed by atoms with Gasteiger partial charge in [0.15, 0.2) is 0 Å². The van der Waals surface area contributed by atoms with E-state index in [1.54, 1.807) is 0 Å². The van der Waals surface area contributed by atoms with Crippen LogP contribution in [0.3, 0.4) is 0 Å². The van der Waals surface area contributed by atoms with E-state index >= 15 is 0 Å². The van der Waals surface area contributed by atoms with Gasteiger partial charge in [0, 0.05) is 0 Å². The summed E-state index contributed by atoms with van der Waals surface area (Å²) < 4.78 is 0. The Balaban J connectivity index is 3.06. The van der Waals surface area contributed by atoms with Crippen molar-refractivity contribution in [3.63, 3.8) is 0 Å². The molecule has 0 saturated carbocycles. The second-order valence-electron chi connectivity index (χ2n) is 4.05. The molecule has 0 saturated heterocycles. The monoisotopic (exact) mass is 163 g/mol. The predicted molar refractivity (Wildman–Crippen MR) is 53.0 cm³/mol. The van der Waals surface area contributed by atoms with E-state index < -0.39 is 8.07 Å². The van der Waals surface area contributed by atoms with Crippen LogP contribution >= 0.6 is 0 Å². The molecule has 0 aromatic heterocycles. The Morgan fingerprint density at radius 3 is 2.18 bits per heavy atom. The van der Waals surface area contributed by atoms with E-state index in [4.69, 9.17) is 0 Å². The quantitative estimate of drug-likeness (QED) is 0.557. The zero-order valence-electron chi connectivity index (χ0n) is 7.73. The van der Waals surface area contributed by atoms with Crippen LogP contribution in [-0.2, 0) is 0 Å². The molecule has 0 aliphatic heterocycles. The minimum Gasteiger partial charge on any atom is -0.0656 e. The van der Waals surface area contributed by atoms with Gasteiger partial charge in [-0.2, -0.15) is 0 Å². The number of aryl methyl sites for hydroxylation is 1. The Hall–Kier alpha value is -0.563. The van der Waals surface area contributed by atoms with Crippen LogP contribution in [0.15, 0.2) is 18.2 Å². The van der Waals surface area contributed by atoms with Gasteiger partial charge in [0.2, 0.25) is 0 Å². The zero-order chi connectivity index (χ0) is 8.48. The Labute approximate surface area is 70.3 Å². The highest BCUT2D eigenvalue weighted by Crippen LogP contribution is 2.03. The smallest absolute Gasteiger partial charge is 0.0656 e. The lowest BCUT2D eigenvalue weighted by Crippen LogP contribution is -2.37. The third-order valence-corrected chi connectivity index (χ3v) is 3.82. The van der Waals surface area contributed by atoms with Gasteiger partial charge in [-0.1, -0.05) is 48.6 Å². The van der Waals surface area contributed by atoms with Crippen LogP contribution in [0.1, 0.15) is 5.56 Å². The van der Waals surface area contributed by atoms with Gasteiger partial charge in [-0.25, -0.2) is 0 Å². The van der Waals surface area contributed by atoms with Crippen LogP contribution in [0.2, 0.25) is 19.6 Å². The Kier molecular flexibility index (Phi) is 2.19. The Morgan fingerprint density at radius 1 is 1.18 bits per heavy atom. The Morgan fingerprint density at radius 2 is 1.82 bits per heavy atom. The SMILES string of the molecule is Cc1c[c]cc([Si](C)(C)C)c1. The van der Waals surface area contributed by atoms with E-state index in [1.807, 2.05) is 6.07 Å². The first-order valence-corrected chi connectivity index (χ1v) is 7.48. The predicted octanol–water partition coefficient (Wildman–Crippen LogP) is 2.34. The number of hydrogen-bond acceptors (Lipinski definition) is 0. The molecular formula is C10H15Si. The second-order valence-corrected chi connectivity index (χ2v) is 9.13. The number of hydrogen-bond donors (Lipinski definition) is 0. The average molecular weight is 163 g/mol. The normalized spacial score (nSPS) is 11.6. The molecule has 1 aromatic carbocycles. The standard InChI is InChI=1S/C10H15Si/c1-9-6-5-7-10(8-9)11(2,3)4/h6-8H,1-4H3. The molecule has 0 amide bonds. The van der Waals surface area contributed by atoms with E-state index in [1.165, 1.54) is 10.8 Å². The summed E-state index contributed by atoms with van der Waals surface area (Å²) in [7, 11) is -1.10. The van der Waals surface area contributed by atoms with Gasteiger partial charge < -0.3 is 0 Å². The molecule has 0 fully saturated rings. The van der Waals surface area contributed by atoms with Crippen molar-refractivity contribution in [2.45, 2.75) is 26.6 Å². The van der Waals surface area contributed by atoms with Gasteiger partial charge >= 0.3 is 0 Å². The van der Waals surface area contributed by atoms with Crippen molar-refractivity contribution in [1.82, 2.24) is 0 Å². The van der Waals surface area contributed by atoms with Gasteiger partial charge in [0.1, 0.15) is 0 Å². The van der Waals surface area contributed by atoms with Crippen molar-refractivity contribution in [2.24, 2.45) is 0 Å². The minimum atomic E-state index is -1.10. The van der Waals surface area contributed by atoms with Crippen molar-refractivity contribution in [2.75, 3.05) is 0 Å². The van der Waals surface area contributed by atoms with Gasteiger partial charge in [0.05, 0.1) is 8.07 Å². The van der Waals surface area contributed by atoms with Crippen LogP contribution in [0.5, 0.6) is 0 Å². The molecule has 59 valence electrons. The fraction of sp³-hybridized carbons (Fsp3) is 0.400. The molecule has 1 aromatic rings. The van der Waals surface area contributed by atoms with Crippen LogP contribution in [-0.4, -0.2) is 8.07 Å². The van der Waals surface area contributed by atoms with Crippen molar-refractivity contribution in [3.05, 3.63) is 29.8 Å². The lowest BCUT2D eigenvalue weighted by Gasteiger charge is -2.16. The highest BCUT2D eigenvalue weighted by molar-refractivity contribution is 6.88. The summed E-state index contributed by atoms with van der Waals surface area (Å²) >= 11 is 0. The largest absolute Gasteiger partial charge is 0.0776 e. The van der Waals surface area contributed by atoms with E-state index in [9.17, 15) is 0 Å². The first kappa shape index (κ1) is 8.53. The van der Waals surface area contributed by atoms with E-state index in [2.05, 4.69) is 44.8 Å². The molecule has 1 heteroatoms. The maximum Gasteiger partial charge on any atom is 0.0776 e. The number of rotatable bonds is 1. The van der Waals surface area contributed by atoms with Crippen molar-refractivity contribution >= 4 is 13.3 Å². The van der Waals surface area contributed by atoms with E-state index in [0.29, 0.717) is 0 Å². The van der Waals surface area contributed by atoms with Crippen LogP contribution < -0.4 is 5.19 Å². The van der Waals surface area contributed by atoms with Gasteiger partial charge in [-0.05, 0) is 13.0 Å². The molecule has 0 unspecified atom stereocenters. The third-order valence-electron chi connectivity index (χ3n) is 1.80. The summed E-state index contributed by atoms with van der Waals surface area (Å²) in [5, 5.41) is 1.50. The molecule has 1 radical (unpaired) electrons. The molecule has 0 heterocycles. The molecule has 0 N–H and O–H groups in total. The van der Waals surface area contributed by atoms with Crippen LogP contribution in [0.25, 0.3) is 0 Å². The molecule has 11 heavy (non-hydrogen) atoms. The minimum absolute atomic E-state index is 1.10. The van der Waals surface area contributed by atoms with Crippen molar-refractivity contribution in [3.8, 4) is 0 Å². The molecule has 0 aliphatic rings. The van der Waals surface area contributed by atoms with Crippen LogP contribution in [0, 0.1) is 13.0 Å². The van der Waals surface area contributed by atoms with Gasteiger partial charge in [0.25, 0.3) is 0 Å². The van der Waals surface area contributed by atoms with E-state index in [-0.39, 0.29) is 0 Å². The molecular weight excluding hydrogens is 148 g/mol. The summed E-state index contributed by atoms with van der Waals surface area (Å²) in [4.78, 5) is 0. The third kappa shape index (κ3) is 2.19. The lowest BCUT2D eigenvalue weighted by molar-refractivity contribution is 1.48. The lowest BCUT2D eigenvalue weighted by atomic mass is 10.2. The fourth-order valence-corrected chi connectivity index (χ4v) is 2.20. The first-order valence-electron chi connectivity index (χ1n) is 3.98. The van der Waals surface area contributed by atoms with Crippen molar-refractivity contribution < 1.29 is 0 Å². The van der Waals surface area contributed by atoms with Gasteiger partial charge in [-0.15, -0.1) is 0 Å². The second kappa shape index (κ2) is 2.82. The number of benzene rings is 1. The maximum atomic E-state index is 3.17. The highest BCUT2D eigenvalue weighted by atomic mass is 28.3. The molecule has 0 spiro atoms. The molecule has 0 atom stereocenters. The summed E-state index contributed by atoms with van der Waals surface area (Å²) in [5.41, 5.74) is 1.32. The summed E-state index contributed by atoms with van der Waals surface area (Å²) in [6, 6.07) is 9.61. The summed E-state index contributed by atoms with van der Waals surface area (Å²) in [6.45, 7) is 9.20. The van der Waals surface area contributed by atoms with Crippen molar-refractivity contribution in [1.29, 1.82) is 0 Å². The van der Waals surface area contributed by atoms with Crippen LogP contribution in [0.4, 0.5) is 0 Å². The topological polar surface area (TPSA) is 0 Å². The Bertz CT molecular complexity index is 245. The molecule has 0 nitrogen and oxygen atoms in total.